The Morgan fingerprint density at radius 3 is 2.43 bits per heavy atom. The van der Waals surface area contributed by atoms with E-state index in [1.54, 1.807) is 10.9 Å². The van der Waals surface area contributed by atoms with Crippen molar-refractivity contribution in [3.8, 4) is 11.1 Å². The fraction of sp³-hybridized carbons (Fsp3) is 0.294. The van der Waals surface area contributed by atoms with Crippen LogP contribution in [0.25, 0.3) is 21.3 Å². The van der Waals surface area contributed by atoms with Crippen LogP contribution < -0.4 is 5.56 Å². The Labute approximate surface area is 127 Å². The van der Waals surface area contributed by atoms with Gasteiger partial charge in [0.1, 0.15) is 4.83 Å². The molecule has 0 fully saturated rings. The Kier molecular flexibility index (Phi) is 3.21. The van der Waals surface area contributed by atoms with E-state index in [1.165, 1.54) is 16.9 Å². The highest BCUT2D eigenvalue weighted by Gasteiger charge is 2.19. The molecule has 3 rings (SSSR count). The third-order valence-corrected chi connectivity index (χ3v) is 4.47. The minimum atomic E-state index is -0.273. The molecule has 1 aromatic carbocycles. The topological polar surface area (TPSA) is 34.9 Å². The Bertz CT molecular complexity index is 851. The van der Waals surface area contributed by atoms with Crippen molar-refractivity contribution in [2.45, 2.75) is 33.2 Å². The molecule has 0 N–H and O–H groups in total. The minimum Gasteiger partial charge on any atom is -0.293 e. The molecule has 21 heavy (non-hydrogen) atoms. The fourth-order valence-electron chi connectivity index (χ4n) is 2.36. The number of hydrogen-bond acceptors (Lipinski definition) is 3. The predicted octanol–water partition coefficient (Wildman–Crippen LogP) is 4.19. The third-order valence-electron chi connectivity index (χ3n) is 3.58. The van der Waals surface area contributed by atoms with Crippen molar-refractivity contribution in [3.05, 3.63) is 51.9 Å². The molecule has 0 atom stereocenters. The zero-order valence-corrected chi connectivity index (χ0v) is 13.5. The van der Waals surface area contributed by atoms with Crippen molar-refractivity contribution in [1.29, 1.82) is 0 Å². The lowest BCUT2D eigenvalue weighted by atomic mass is 10.0. The SMILES string of the molecule is Cc1ccc(-c2csc3ncn(C(C)(C)C)c(=O)c23)cc1. The summed E-state index contributed by atoms with van der Waals surface area (Å²) in [4.78, 5) is 18.1. The summed E-state index contributed by atoms with van der Waals surface area (Å²) >= 11 is 1.52. The lowest BCUT2D eigenvalue weighted by Gasteiger charge is -2.21. The predicted molar refractivity (Wildman–Crippen MR) is 89.0 cm³/mol. The van der Waals surface area contributed by atoms with Gasteiger partial charge in [0.2, 0.25) is 0 Å². The first-order valence-corrected chi connectivity index (χ1v) is 7.82. The molecule has 3 aromatic rings. The van der Waals surface area contributed by atoms with Crippen LogP contribution in [0.4, 0.5) is 0 Å². The fourth-order valence-corrected chi connectivity index (χ4v) is 3.26. The van der Waals surface area contributed by atoms with Gasteiger partial charge >= 0.3 is 0 Å². The summed E-state index contributed by atoms with van der Waals surface area (Å²) in [7, 11) is 0. The molecule has 0 aliphatic rings. The van der Waals surface area contributed by atoms with Gasteiger partial charge in [0.05, 0.1) is 11.7 Å². The van der Waals surface area contributed by atoms with Crippen LogP contribution in [0.2, 0.25) is 0 Å². The summed E-state index contributed by atoms with van der Waals surface area (Å²) in [5.41, 5.74) is 3.02. The van der Waals surface area contributed by atoms with Gasteiger partial charge in [-0.25, -0.2) is 4.98 Å². The van der Waals surface area contributed by atoms with Crippen LogP contribution in [0.5, 0.6) is 0 Å². The summed E-state index contributed by atoms with van der Waals surface area (Å²) in [6.45, 7) is 8.10. The van der Waals surface area contributed by atoms with Gasteiger partial charge in [0.15, 0.2) is 0 Å². The van der Waals surface area contributed by atoms with E-state index >= 15 is 0 Å². The van der Waals surface area contributed by atoms with Crippen LogP contribution in [-0.4, -0.2) is 9.55 Å². The number of fused-ring (bicyclic) bond motifs is 1. The number of aryl methyl sites for hydroxylation is 1. The van der Waals surface area contributed by atoms with Crippen molar-refractivity contribution < 1.29 is 0 Å². The lowest BCUT2D eigenvalue weighted by Crippen LogP contribution is -2.33. The largest absolute Gasteiger partial charge is 0.293 e. The second kappa shape index (κ2) is 4.81. The van der Waals surface area contributed by atoms with Crippen LogP contribution in [0, 0.1) is 6.92 Å². The monoisotopic (exact) mass is 298 g/mol. The first kappa shape index (κ1) is 14.0. The van der Waals surface area contributed by atoms with Crippen LogP contribution in [0.15, 0.2) is 40.8 Å². The van der Waals surface area contributed by atoms with Gasteiger partial charge in [-0.1, -0.05) is 29.8 Å². The molecule has 108 valence electrons. The van der Waals surface area contributed by atoms with Gasteiger partial charge in [-0.2, -0.15) is 0 Å². The van der Waals surface area contributed by atoms with E-state index in [0.29, 0.717) is 0 Å². The highest BCUT2D eigenvalue weighted by Crippen LogP contribution is 2.31. The summed E-state index contributed by atoms with van der Waals surface area (Å²) in [5.74, 6) is 0. The van der Waals surface area contributed by atoms with Crippen LogP contribution in [0.3, 0.4) is 0 Å². The number of aromatic nitrogens is 2. The second-order valence-corrected chi connectivity index (χ2v) is 7.14. The van der Waals surface area contributed by atoms with E-state index in [4.69, 9.17) is 0 Å². The average molecular weight is 298 g/mol. The van der Waals surface area contributed by atoms with E-state index in [0.717, 1.165) is 21.3 Å². The highest BCUT2D eigenvalue weighted by molar-refractivity contribution is 7.17. The molecule has 0 spiro atoms. The highest BCUT2D eigenvalue weighted by atomic mass is 32.1. The molecule has 0 saturated heterocycles. The van der Waals surface area contributed by atoms with Crippen LogP contribution in [-0.2, 0) is 5.54 Å². The summed E-state index contributed by atoms with van der Waals surface area (Å²) in [5, 5.41) is 2.75. The number of hydrogen-bond donors (Lipinski definition) is 0. The maximum atomic E-state index is 12.8. The van der Waals surface area contributed by atoms with E-state index in [9.17, 15) is 4.79 Å². The molecular formula is C17H18N2OS. The van der Waals surface area contributed by atoms with Crippen molar-refractivity contribution in [3.63, 3.8) is 0 Å². The van der Waals surface area contributed by atoms with Crippen LogP contribution >= 0.6 is 11.3 Å². The van der Waals surface area contributed by atoms with Gasteiger partial charge in [-0.05, 0) is 33.3 Å². The van der Waals surface area contributed by atoms with Crippen LogP contribution in [0.1, 0.15) is 26.3 Å². The number of rotatable bonds is 1. The molecular weight excluding hydrogens is 280 g/mol. The maximum Gasteiger partial charge on any atom is 0.263 e. The molecule has 0 unspecified atom stereocenters. The number of nitrogens with zero attached hydrogens (tertiary/aromatic N) is 2. The van der Waals surface area contributed by atoms with Gasteiger partial charge in [0.25, 0.3) is 5.56 Å². The smallest absolute Gasteiger partial charge is 0.263 e. The Morgan fingerprint density at radius 2 is 1.81 bits per heavy atom. The second-order valence-electron chi connectivity index (χ2n) is 6.29. The molecule has 2 heterocycles. The van der Waals surface area contributed by atoms with Crippen molar-refractivity contribution in [2.75, 3.05) is 0 Å². The molecule has 0 bridgehead atoms. The molecule has 2 aromatic heterocycles. The minimum absolute atomic E-state index is 0.0318. The standard InChI is InChI=1S/C17H18N2OS/c1-11-5-7-12(8-6-11)13-9-21-15-14(13)16(20)19(10-18-15)17(2,3)4/h5-10H,1-4H3. The molecule has 4 heteroatoms. The quantitative estimate of drug-likeness (QED) is 0.675. The Balaban J connectivity index is 2.30. The number of benzene rings is 1. The van der Waals surface area contributed by atoms with Crippen molar-refractivity contribution in [2.24, 2.45) is 0 Å². The lowest BCUT2D eigenvalue weighted by molar-refractivity contribution is 0.382. The molecule has 0 radical (unpaired) electrons. The summed E-state index contributed by atoms with van der Waals surface area (Å²) < 4.78 is 1.71. The molecule has 0 amide bonds. The first-order chi connectivity index (χ1) is 9.88. The Morgan fingerprint density at radius 1 is 1.14 bits per heavy atom. The van der Waals surface area contributed by atoms with E-state index in [2.05, 4.69) is 36.2 Å². The van der Waals surface area contributed by atoms with E-state index < -0.39 is 0 Å². The van der Waals surface area contributed by atoms with E-state index in [1.807, 2.05) is 26.2 Å². The van der Waals surface area contributed by atoms with Gasteiger partial charge in [-0.3, -0.25) is 9.36 Å². The maximum absolute atomic E-state index is 12.8. The zero-order chi connectivity index (χ0) is 15.2. The van der Waals surface area contributed by atoms with Gasteiger partial charge in [0, 0.05) is 16.5 Å². The Hall–Kier alpha value is -1.94. The average Bonchev–Trinajstić information content (AvgIpc) is 2.83. The normalized spacial score (nSPS) is 12.0. The van der Waals surface area contributed by atoms with Crippen molar-refractivity contribution in [1.82, 2.24) is 9.55 Å². The molecule has 0 saturated carbocycles. The zero-order valence-electron chi connectivity index (χ0n) is 12.7. The molecule has 0 aliphatic carbocycles. The third kappa shape index (κ3) is 2.40. The first-order valence-electron chi connectivity index (χ1n) is 6.94. The molecule has 3 nitrogen and oxygen atoms in total. The summed E-state index contributed by atoms with van der Waals surface area (Å²) in [6, 6.07) is 8.25. The van der Waals surface area contributed by atoms with Gasteiger partial charge < -0.3 is 0 Å². The summed E-state index contributed by atoms with van der Waals surface area (Å²) in [6.07, 6.45) is 1.65. The van der Waals surface area contributed by atoms with Gasteiger partial charge in [-0.15, -0.1) is 11.3 Å². The number of thiophene rings is 1. The van der Waals surface area contributed by atoms with E-state index in [-0.39, 0.29) is 11.1 Å². The van der Waals surface area contributed by atoms with Crippen molar-refractivity contribution >= 4 is 21.6 Å². The molecule has 0 aliphatic heterocycles.